The molecule has 0 aliphatic carbocycles. The van der Waals surface area contributed by atoms with Gasteiger partial charge in [-0.05, 0) is 154 Å². The van der Waals surface area contributed by atoms with Gasteiger partial charge in [-0.25, -0.2) is 4.98 Å². The zero-order valence-corrected chi connectivity index (χ0v) is 47.7. The Morgan fingerprint density at radius 3 is 1.09 bits per heavy atom. The highest BCUT2D eigenvalue weighted by molar-refractivity contribution is 7.17. The van der Waals surface area contributed by atoms with Crippen molar-refractivity contribution in [2.45, 2.75) is 119 Å². The first kappa shape index (κ1) is 65.4. The van der Waals surface area contributed by atoms with Gasteiger partial charge < -0.3 is 44.4 Å². The van der Waals surface area contributed by atoms with Crippen molar-refractivity contribution in [2.75, 3.05) is 38.8 Å². The Labute approximate surface area is 458 Å². The van der Waals surface area contributed by atoms with Gasteiger partial charge in [0.1, 0.15) is 17.2 Å². The van der Waals surface area contributed by atoms with Gasteiger partial charge in [-0.3, -0.25) is 24.0 Å². The average molecular weight is 1080 g/mol. The monoisotopic (exact) mass is 1080 g/mol. The maximum Gasteiger partial charge on any atom is 0.315 e. The molecule has 0 amide bonds. The van der Waals surface area contributed by atoms with Crippen molar-refractivity contribution in [1.29, 1.82) is 0 Å². The van der Waals surface area contributed by atoms with Gasteiger partial charge in [0, 0.05) is 0 Å². The number of thiazole rings is 1. The number of carbonyl (C=O) groups is 5. The fourth-order valence-corrected chi connectivity index (χ4v) is 7.14. The molecule has 15 nitrogen and oxygen atoms in total. The van der Waals surface area contributed by atoms with Gasteiger partial charge in [0.25, 0.3) is 0 Å². The summed E-state index contributed by atoms with van der Waals surface area (Å²) >= 11 is 1.27. The summed E-state index contributed by atoms with van der Waals surface area (Å²) < 4.78 is 30.4. The summed E-state index contributed by atoms with van der Waals surface area (Å²) in [5, 5.41) is 19.2. The standard InChI is InChI=1S/C15H18N2O3S.C13H18O2.C12H16O3.C11H14O2.C10H12O3/c1-4-19-13(18)15(2,3)10-5-7-11(8-6-10)20-12-9-17-14(16)21-12;1-5-15-12(14)13(3,4)11-8-6-10(2)7-9-11;1-4-15-11(14)12(2,3)9-5-7-10(13)8-6-9;1-3-13-11(12)8-10-6-4-9(2)5-7-10;1-2-13-10(12)7-8-3-5-9(11)6-4-8/h5-9H,4H2,1-3H3,(H2,16,17);6-9H,5H2,1-4H3;5-8,13H,4H2,1-3H3;4-7H,3,8H2,1-2H3;3-6,11H,2,7H2,1H3. The molecule has 0 saturated carbocycles. The number of rotatable bonds is 17. The SMILES string of the molecule is CCOC(=O)C(C)(C)c1ccc(C)cc1.CCOC(=O)C(C)(C)c1ccc(O)cc1.CCOC(=O)C(C)(C)c1ccc(Oc2cnc(N)s2)cc1.CCOC(=O)Cc1ccc(C)cc1.CCOC(=O)Cc1ccc(O)cc1. The largest absolute Gasteiger partial charge is 0.508 e. The lowest BCUT2D eigenvalue weighted by Gasteiger charge is -2.22. The number of hydrogen-bond donors (Lipinski definition) is 3. The molecule has 0 atom stereocenters. The minimum Gasteiger partial charge on any atom is -0.508 e. The third kappa shape index (κ3) is 23.0. The van der Waals surface area contributed by atoms with E-state index < -0.39 is 16.2 Å². The van der Waals surface area contributed by atoms with Crippen LogP contribution in [0.25, 0.3) is 0 Å². The van der Waals surface area contributed by atoms with E-state index in [1.807, 2.05) is 128 Å². The molecule has 0 radical (unpaired) electrons. The number of anilines is 1. The van der Waals surface area contributed by atoms with Gasteiger partial charge in [-0.2, -0.15) is 0 Å². The summed E-state index contributed by atoms with van der Waals surface area (Å²) in [6.07, 6.45) is 2.21. The number of nitrogen functional groups attached to an aromatic ring is 1. The van der Waals surface area contributed by atoms with Gasteiger partial charge in [0.05, 0.1) is 68.3 Å². The molecule has 0 spiro atoms. The van der Waals surface area contributed by atoms with E-state index >= 15 is 0 Å². The Bertz CT molecular complexity index is 2580. The first-order chi connectivity index (χ1) is 36.3. The molecule has 0 bridgehead atoms. The Morgan fingerprint density at radius 2 is 0.766 bits per heavy atom. The molecule has 0 unspecified atom stereocenters. The van der Waals surface area contributed by atoms with E-state index in [9.17, 15) is 24.0 Å². The van der Waals surface area contributed by atoms with Gasteiger partial charge in [0.15, 0.2) is 5.13 Å². The number of esters is 5. The van der Waals surface area contributed by atoms with Crippen LogP contribution >= 0.6 is 11.3 Å². The van der Waals surface area contributed by atoms with Crippen molar-refractivity contribution in [3.8, 4) is 22.3 Å². The van der Waals surface area contributed by atoms with Crippen molar-refractivity contribution in [3.63, 3.8) is 0 Å². The highest BCUT2D eigenvalue weighted by Gasteiger charge is 2.33. The van der Waals surface area contributed by atoms with E-state index in [0.29, 0.717) is 55.4 Å². The summed E-state index contributed by atoms with van der Waals surface area (Å²) in [5.41, 5.74) is 10.6. The summed E-state index contributed by atoms with van der Waals surface area (Å²) in [6.45, 7) is 26.1. The summed E-state index contributed by atoms with van der Waals surface area (Å²) in [4.78, 5) is 61.4. The average Bonchev–Trinajstić information content (AvgIpc) is 3.80. The van der Waals surface area contributed by atoms with Crippen molar-refractivity contribution >= 4 is 46.3 Å². The van der Waals surface area contributed by atoms with Gasteiger partial charge in [0.2, 0.25) is 5.06 Å². The molecule has 416 valence electrons. The molecule has 0 aliphatic heterocycles. The third-order valence-electron chi connectivity index (χ3n) is 11.4. The van der Waals surface area contributed by atoms with Crippen molar-refractivity contribution in [1.82, 2.24) is 4.98 Å². The van der Waals surface area contributed by atoms with Crippen molar-refractivity contribution in [2.24, 2.45) is 0 Å². The lowest BCUT2D eigenvalue weighted by Crippen LogP contribution is -2.31. The first-order valence-corrected chi connectivity index (χ1v) is 26.2. The second kappa shape index (κ2) is 32.7. The number of nitrogens with two attached hydrogens (primary N) is 1. The van der Waals surface area contributed by atoms with E-state index in [1.165, 1.54) is 22.5 Å². The molecule has 16 heteroatoms. The summed E-state index contributed by atoms with van der Waals surface area (Å²) in [5.74, 6) is -0.00828. The zero-order chi connectivity index (χ0) is 57.8. The smallest absolute Gasteiger partial charge is 0.315 e. The third-order valence-corrected chi connectivity index (χ3v) is 12.1. The molecule has 0 aliphatic rings. The van der Waals surface area contributed by atoms with Crippen LogP contribution in [0.15, 0.2) is 128 Å². The highest BCUT2D eigenvalue weighted by atomic mass is 32.1. The van der Waals surface area contributed by atoms with Crippen LogP contribution in [-0.4, -0.2) is 78.1 Å². The van der Waals surface area contributed by atoms with Crippen LogP contribution in [0.2, 0.25) is 0 Å². The molecule has 77 heavy (non-hydrogen) atoms. The first-order valence-electron chi connectivity index (χ1n) is 25.4. The molecular formula is C61H78N2O13S. The number of aryl methyl sites for hydroxylation is 2. The molecule has 6 rings (SSSR count). The molecular weight excluding hydrogens is 1000 g/mol. The normalized spacial score (nSPS) is 10.7. The minimum absolute atomic E-state index is 0.161. The van der Waals surface area contributed by atoms with Crippen LogP contribution in [-0.2, 0) is 76.7 Å². The Morgan fingerprint density at radius 1 is 0.468 bits per heavy atom. The van der Waals surface area contributed by atoms with Crippen LogP contribution in [0.4, 0.5) is 5.13 Å². The minimum atomic E-state index is -0.691. The lowest BCUT2D eigenvalue weighted by atomic mass is 9.84. The Hall–Kier alpha value is -7.72. The molecule has 4 N–H and O–H groups in total. The number of aromatic nitrogens is 1. The molecule has 0 fully saturated rings. The quantitative estimate of drug-likeness (QED) is 0.0571. The van der Waals surface area contributed by atoms with E-state index in [0.717, 1.165) is 27.8 Å². The van der Waals surface area contributed by atoms with Crippen LogP contribution < -0.4 is 10.5 Å². The highest BCUT2D eigenvalue weighted by Crippen LogP contribution is 2.32. The van der Waals surface area contributed by atoms with E-state index in [-0.39, 0.29) is 47.8 Å². The van der Waals surface area contributed by atoms with Crippen molar-refractivity contribution in [3.05, 3.63) is 166 Å². The maximum absolute atomic E-state index is 12.0. The van der Waals surface area contributed by atoms with Crippen LogP contribution in [0.5, 0.6) is 22.3 Å². The van der Waals surface area contributed by atoms with Crippen LogP contribution in [0, 0.1) is 13.8 Å². The lowest BCUT2D eigenvalue weighted by molar-refractivity contribution is -0.149. The van der Waals surface area contributed by atoms with E-state index in [2.05, 4.69) is 4.98 Å². The number of phenols is 2. The summed E-state index contributed by atoms with van der Waals surface area (Å²) in [7, 11) is 0. The number of nitrogens with zero attached hydrogens (tertiary/aromatic N) is 1. The Kier molecular flexibility index (Phi) is 27.7. The molecule has 1 heterocycles. The van der Waals surface area contributed by atoms with Crippen LogP contribution in [0.3, 0.4) is 0 Å². The molecule has 0 saturated heterocycles. The van der Waals surface area contributed by atoms with Gasteiger partial charge in [-0.1, -0.05) is 107 Å². The number of ether oxygens (including phenoxy) is 6. The van der Waals surface area contributed by atoms with E-state index in [4.69, 9.17) is 44.4 Å². The summed E-state index contributed by atoms with van der Waals surface area (Å²) in [6, 6.07) is 36.3. The van der Waals surface area contributed by atoms with Crippen LogP contribution in [0.1, 0.15) is 115 Å². The second-order valence-corrected chi connectivity index (χ2v) is 19.7. The second-order valence-electron chi connectivity index (χ2n) is 18.7. The van der Waals surface area contributed by atoms with Crippen molar-refractivity contribution < 1.29 is 62.6 Å². The number of hydrogen-bond acceptors (Lipinski definition) is 16. The van der Waals surface area contributed by atoms with Gasteiger partial charge in [-0.15, -0.1) is 0 Å². The molecule has 5 aromatic carbocycles. The number of phenolic OH excluding ortho intramolecular Hbond substituents is 2. The molecule has 6 aromatic rings. The predicted molar refractivity (Wildman–Crippen MR) is 301 cm³/mol. The predicted octanol–water partition coefficient (Wildman–Crippen LogP) is 12.0. The Balaban J connectivity index is 0.000000334. The zero-order valence-electron chi connectivity index (χ0n) is 46.9. The fraction of sp³-hybridized carbons (Fsp3) is 0.377. The van der Waals surface area contributed by atoms with E-state index in [1.54, 1.807) is 89.3 Å². The number of aromatic hydroxyl groups is 2. The molecule has 1 aromatic heterocycles. The fourth-order valence-electron chi connectivity index (χ4n) is 6.59. The van der Waals surface area contributed by atoms with Gasteiger partial charge >= 0.3 is 29.8 Å². The topological polar surface area (TPSA) is 220 Å². The maximum atomic E-state index is 12.0. The number of carbonyl (C=O) groups excluding carboxylic acids is 5. The number of benzene rings is 5.